The molecule has 0 bridgehead atoms. The van der Waals surface area contributed by atoms with Crippen LogP contribution in [0, 0.1) is 0 Å². The van der Waals surface area contributed by atoms with Crippen molar-refractivity contribution in [3.05, 3.63) is 64.1 Å². The molecule has 3 aromatic rings. The zero-order valence-electron chi connectivity index (χ0n) is 12.1. The molecule has 0 aliphatic carbocycles. The Morgan fingerprint density at radius 1 is 1.23 bits per heavy atom. The molecule has 0 radical (unpaired) electrons. The van der Waals surface area contributed by atoms with E-state index < -0.39 is 0 Å². The molecule has 2 heterocycles. The van der Waals surface area contributed by atoms with Crippen LogP contribution in [-0.2, 0) is 6.61 Å². The number of H-pyrrole nitrogens is 1. The lowest BCUT2D eigenvalue weighted by Gasteiger charge is -2.14. The van der Waals surface area contributed by atoms with Crippen LogP contribution in [0.3, 0.4) is 0 Å². The van der Waals surface area contributed by atoms with Gasteiger partial charge in [0, 0.05) is 17.6 Å². The average Bonchev–Trinajstić information content (AvgIpc) is 2.54. The highest BCUT2D eigenvalue weighted by atomic mass is 16.3. The van der Waals surface area contributed by atoms with E-state index in [0.717, 1.165) is 16.5 Å². The number of fused-ring (bicyclic) bond motifs is 1. The molecule has 2 aromatic heterocycles. The normalized spacial score (nSPS) is 12.3. The van der Waals surface area contributed by atoms with Crippen LogP contribution in [0.25, 0.3) is 11.0 Å². The third-order valence-corrected chi connectivity index (χ3v) is 3.48. The van der Waals surface area contributed by atoms with Gasteiger partial charge in [0.25, 0.3) is 0 Å². The van der Waals surface area contributed by atoms with Crippen LogP contribution < -0.4 is 10.9 Å². The first kappa shape index (κ1) is 14.2. The van der Waals surface area contributed by atoms with Crippen LogP contribution in [-0.4, -0.2) is 20.1 Å². The molecule has 0 spiro atoms. The third-order valence-electron chi connectivity index (χ3n) is 3.48. The summed E-state index contributed by atoms with van der Waals surface area (Å²) >= 11 is 0. The minimum atomic E-state index is -0.190. The molecule has 0 fully saturated rings. The van der Waals surface area contributed by atoms with Gasteiger partial charge in [-0.2, -0.15) is 4.98 Å². The molecule has 0 aliphatic heterocycles. The fourth-order valence-electron chi connectivity index (χ4n) is 2.20. The number of nitrogens with one attached hydrogen (secondary N) is 2. The summed E-state index contributed by atoms with van der Waals surface area (Å²) in [6.45, 7) is 2.03. The first-order chi connectivity index (χ1) is 10.7. The summed E-state index contributed by atoms with van der Waals surface area (Å²) in [7, 11) is 0. The lowest BCUT2D eigenvalue weighted by atomic mass is 10.1. The van der Waals surface area contributed by atoms with E-state index in [1.807, 2.05) is 31.2 Å². The number of aliphatic hydroxyl groups excluding tert-OH is 1. The molecule has 112 valence electrons. The molecule has 6 nitrogen and oxygen atoms in total. The Hall–Kier alpha value is -2.73. The van der Waals surface area contributed by atoms with Crippen LogP contribution in [0.2, 0.25) is 0 Å². The van der Waals surface area contributed by atoms with Crippen molar-refractivity contribution >= 4 is 17.0 Å². The number of hydrogen-bond donors (Lipinski definition) is 3. The standard InChI is InChI=1S/C16H16N4O2/c1-10(12-4-2-11(9-21)3-5-12)18-16-17-8-13-6-7-14(22)19-15(13)20-16/h2-8,10,21H,9H2,1H3,(H2,17,18,19,20,22)/t10-/m0/s1. The summed E-state index contributed by atoms with van der Waals surface area (Å²) in [5, 5.41) is 13.0. The van der Waals surface area contributed by atoms with E-state index in [4.69, 9.17) is 5.11 Å². The van der Waals surface area contributed by atoms with Gasteiger partial charge in [0.05, 0.1) is 12.6 Å². The summed E-state index contributed by atoms with van der Waals surface area (Å²) in [5.74, 6) is 0.452. The van der Waals surface area contributed by atoms with Crippen molar-refractivity contribution in [3.63, 3.8) is 0 Å². The fraction of sp³-hybridized carbons (Fsp3) is 0.188. The largest absolute Gasteiger partial charge is 0.392 e. The van der Waals surface area contributed by atoms with Gasteiger partial charge >= 0.3 is 0 Å². The van der Waals surface area contributed by atoms with E-state index in [1.165, 1.54) is 6.07 Å². The molecule has 22 heavy (non-hydrogen) atoms. The lowest BCUT2D eigenvalue weighted by molar-refractivity contribution is 0.282. The van der Waals surface area contributed by atoms with Crippen LogP contribution in [0.15, 0.2) is 47.4 Å². The van der Waals surface area contributed by atoms with Crippen molar-refractivity contribution in [3.8, 4) is 0 Å². The number of aromatic nitrogens is 3. The van der Waals surface area contributed by atoms with Gasteiger partial charge in [-0.1, -0.05) is 24.3 Å². The van der Waals surface area contributed by atoms with Gasteiger partial charge in [-0.25, -0.2) is 4.98 Å². The zero-order chi connectivity index (χ0) is 15.5. The Balaban J connectivity index is 1.83. The quantitative estimate of drug-likeness (QED) is 0.685. The minimum absolute atomic E-state index is 0.000581. The summed E-state index contributed by atoms with van der Waals surface area (Å²) < 4.78 is 0. The van der Waals surface area contributed by atoms with Gasteiger partial charge in [0.2, 0.25) is 11.5 Å². The fourth-order valence-corrected chi connectivity index (χ4v) is 2.20. The van der Waals surface area contributed by atoms with Crippen LogP contribution >= 0.6 is 0 Å². The number of pyridine rings is 1. The number of rotatable bonds is 4. The number of nitrogens with zero attached hydrogens (tertiary/aromatic N) is 2. The van der Waals surface area contributed by atoms with Crippen molar-refractivity contribution in [1.82, 2.24) is 15.0 Å². The van der Waals surface area contributed by atoms with Crippen molar-refractivity contribution in [1.29, 1.82) is 0 Å². The van der Waals surface area contributed by atoms with E-state index in [0.29, 0.717) is 11.6 Å². The molecular formula is C16H16N4O2. The average molecular weight is 296 g/mol. The van der Waals surface area contributed by atoms with Gasteiger partial charge in [0.15, 0.2) is 0 Å². The molecular weight excluding hydrogens is 280 g/mol. The second kappa shape index (κ2) is 5.95. The Kier molecular flexibility index (Phi) is 3.84. The Bertz CT molecular complexity index is 843. The number of hydrogen-bond acceptors (Lipinski definition) is 5. The molecule has 0 saturated carbocycles. The maximum absolute atomic E-state index is 11.3. The highest BCUT2D eigenvalue weighted by molar-refractivity contribution is 5.74. The summed E-state index contributed by atoms with van der Waals surface area (Å²) in [4.78, 5) is 22.6. The first-order valence-corrected chi connectivity index (χ1v) is 6.98. The van der Waals surface area contributed by atoms with E-state index in [-0.39, 0.29) is 18.2 Å². The molecule has 3 rings (SSSR count). The van der Waals surface area contributed by atoms with Crippen molar-refractivity contribution in [2.24, 2.45) is 0 Å². The SMILES string of the molecule is C[C@H](Nc1ncc2ccc(=O)[nH]c2n1)c1ccc(CO)cc1. The first-order valence-electron chi connectivity index (χ1n) is 6.98. The van der Waals surface area contributed by atoms with Gasteiger partial charge in [-0.05, 0) is 24.1 Å². The molecule has 1 atom stereocenters. The van der Waals surface area contributed by atoms with E-state index in [2.05, 4.69) is 20.3 Å². The Morgan fingerprint density at radius 2 is 2.00 bits per heavy atom. The van der Waals surface area contributed by atoms with Crippen LogP contribution in [0.1, 0.15) is 24.1 Å². The third kappa shape index (κ3) is 2.96. The second-order valence-electron chi connectivity index (χ2n) is 5.09. The molecule has 0 saturated heterocycles. The van der Waals surface area contributed by atoms with E-state index in [1.54, 1.807) is 12.3 Å². The van der Waals surface area contributed by atoms with Crippen molar-refractivity contribution < 1.29 is 5.11 Å². The summed E-state index contributed by atoms with van der Waals surface area (Å²) in [5.41, 5.74) is 2.25. The van der Waals surface area contributed by atoms with Crippen molar-refractivity contribution in [2.75, 3.05) is 5.32 Å². The molecule has 0 aliphatic rings. The highest BCUT2D eigenvalue weighted by Gasteiger charge is 2.08. The smallest absolute Gasteiger partial charge is 0.249 e. The molecule has 0 unspecified atom stereocenters. The number of aliphatic hydroxyl groups is 1. The minimum Gasteiger partial charge on any atom is -0.392 e. The van der Waals surface area contributed by atoms with Crippen LogP contribution in [0.4, 0.5) is 5.95 Å². The van der Waals surface area contributed by atoms with E-state index in [9.17, 15) is 4.79 Å². The van der Waals surface area contributed by atoms with Crippen molar-refractivity contribution in [2.45, 2.75) is 19.6 Å². The lowest BCUT2D eigenvalue weighted by Crippen LogP contribution is -2.11. The number of benzene rings is 1. The topological polar surface area (TPSA) is 90.9 Å². The highest BCUT2D eigenvalue weighted by Crippen LogP contribution is 2.18. The molecule has 1 aromatic carbocycles. The van der Waals surface area contributed by atoms with Gasteiger partial charge < -0.3 is 15.4 Å². The second-order valence-corrected chi connectivity index (χ2v) is 5.09. The maximum atomic E-state index is 11.3. The molecule has 6 heteroatoms. The summed E-state index contributed by atoms with van der Waals surface area (Å²) in [6, 6.07) is 10.8. The Morgan fingerprint density at radius 3 is 2.73 bits per heavy atom. The maximum Gasteiger partial charge on any atom is 0.249 e. The number of anilines is 1. The molecule has 3 N–H and O–H groups in total. The van der Waals surface area contributed by atoms with E-state index >= 15 is 0 Å². The predicted molar refractivity (Wildman–Crippen MR) is 84.6 cm³/mol. The monoisotopic (exact) mass is 296 g/mol. The Labute approximate surface area is 126 Å². The zero-order valence-corrected chi connectivity index (χ0v) is 12.1. The summed E-state index contributed by atoms with van der Waals surface area (Å²) in [6.07, 6.45) is 1.67. The predicted octanol–water partition coefficient (Wildman–Crippen LogP) is 1.98. The van der Waals surface area contributed by atoms with Gasteiger partial charge in [0.1, 0.15) is 5.65 Å². The van der Waals surface area contributed by atoms with Gasteiger partial charge in [-0.15, -0.1) is 0 Å². The molecule has 0 amide bonds. The number of aromatic amines is 1. The van der Waals surface area contributed by atoms with Crippen LogP contribution in [0.5, 0.6) is 0 Å². The van der Waals surface area contributed by atoms with Gasteiger partial charge in [-0.3, -0.25) is 4.79 Å².